The molecule has 1 atom stereocenters. The molecule has 0 aliphatic rings. The topological polar surface area (TPSA) is 37.8 Å². The lowest BCUT2D eigenvalue weighted by atomic mass is 10.0. The number of hydrogen-bond donors (Lipinski definition) is 1. The molecule has 0 aliphatic carbocycles. The largest absolute Gasteiger partial charge is 0.351 e. The molecule has 1 aromatic heterocycles. The molecule has 0 aromatic carbocycles. The predicted octanol–water partition coefficient (Wildman–Crippen LogP) is 4.19. The van der Waals surface area contributed by atoms with Gasteiger partial charge in [-0.05, 0) is 18.8 Å². The van der Waals surface area contributed by atoms with Crippen LogP contribution in [-0.4, -0.2) is 16.0 Å². The highest BCUT2D eigenvalue weighted by molar-refractivity contribution is 6.33. The highest BCUT2D eigenvalue weighted by Gasteiger charge is 2.11. The van der Waals surface area contributed by atoms with E-state index in [2.05, 4.69) is 35.7 Å². The Morgan fingerprint density at radius 1 is 1.35 bits per heavy atom. The van der Waals surface area contributed by atoms with Crippen LogP contribution in [0, 0.1) is 5.92 Å². The van der Waals surface area contributed by atoms with Crippen LogP contribution in [0.5, 0.6) is 0 Å². The summed E-state index contributed by atoms with van der Waals surface area (Å²) < 4.78 is 0. The van der Waals surface area contributed by atoms with Crippen molar-refractivity contribution in [3.8, 4) is 0 Å². The second-order valence-corrected chi connectivity index (χ2v) is 5.11. The van der Waals surface area contributed by atoms with Crippen LogP contribution in [0.1, 0.15) is 26.7 Å². The van der Waals surface area contributed by atoms with Crippen LogP contribution in [0.25, 0.3) is 0 Å². The first-order valence-corrected chi connectivity index (χ1v) is 6.34. The molecular weight excluding hydrogens is 257 g/mol. The van der Waals surface area contributed by atoms with Gasteiger partial charge in [0.2, 0.25) is 5.95 Å². The molecule has 1 rings (SSSR count). The first-order valence-electron chi connectivity index (χ1n) is 5.58. The summed E-state index contributed by atoms with van der Waals surface area (Å²) in [5, 5.41) is 3.91. The molecule has 1 aromatic rings. The fourth-order valence-corrected chi connectivity index (χ4v) is 2.04. The van der Waals surface area contributed by atoms with Crippen molar-refractivity contribution in [1.82, 2.24) is 9.97 Å². The van der Waals surface area contributed by atoms with Gasteiger partial charge in [0.05, 0.1) is 0 Å². The number of halogens is 2. The Labute approximate surface area is 112 Å². The molecule has 0 bridgehead atoms. The third-order valence-corrected chi connectivity index (χ3v) is 2.59. The van der Waals surface area contributed by atoms with E-state index in [0.717, 1.165) is 12.8 Å². The number of nitrogens with zero attached hydrogens (tertiary/aromatic N) is 2. The summed E-state index contributed by atoms with van der Waals surface area (Å²) in [6.45, 7) is 8.09. The van der Waals surface area contributed by atoms with Crippen molar-refractivity contribution in [2.24, 2.45) is 5.92 Å². The van der Waals surface area contributed by atoms with Gasteiger partial charge in [-0.25, -0.2) is 9.97 Å². The zero-order valence-corrected chi connectivity index (χ0v) is 11.6. The average Bonchev–Trinajstić information content (AvgIpc) is 2.14. The lowest BCUT2D eigenvalue weighted by Crippen LogP contribution is -2.22. The van der Waals surface area contributed by atoms with Crippen molar-refractivity contribution in [2.45, 2.75) is 32.7 Å². The smallest absolute Gasteiger partial charge is 0.225 e. The molecule has 0 saturated heterocycles. The summed E-state index contributed by atoms with van der Waals surface area (Å²) in [7, 11) is 0. The van der Waals surface area contributed by atoms with E-state index in [-0.39, 0.29) is 6.04 Å². The van der Waals surface area contributed by atoms with Gasteiger partial charge in [-0.15, -0.1) is 6.58 Å². The lowest BCUT2D eigenvalue weighted by Gasteiger charge is -2.19. The second kappa shape index (κ2) is 6.82. The molecule has 0 fully saturated rings. The first-order chi connectivity index (χ1) is 8.01. The molecule has 94 valence electrons. The zero-order chi connectivity index (χ0) is 12.8. The van der Waals surface area contributed by atoms with E-state index in [1.165, 1.54) is 6.07 Å². The van der Waals surface area contributed by atoms with Crippen LogP contribution in [0.2, 0.25) is 10.3 Å². The Bertz CT molecular complexity index is 360. The van der Waals surface area contributed by atoms with Crippen LogP contribution in [-0.2, 0) is 0 Å². The van der Waals surface area contributed by atoms with Crippen molar-refractivity contribution >= 4 is 29.2 Å². The van der Waals surface area contributed by atoms with Crippen LogP contribution in [0.4, 0.5) is 5.95 Å². The Balaban J connectivity index is 2.73. The Morgan fingerprint density at radius 2 is 1.94 bits per heavy atom. The summed E-state index contributed by atoms with van der Waals surface area (Å²) in [6, 6.07) is 1.77. The fraction of sp³-hybridized carbons (Fsp3) is 0.500. The van der Waals surface area contributed by atoms with Gasteiger partial charge in [0.25, 0.3) is 0 Å². The summed E-state index contributed by atoms with van der Waals surface area (Å²) in [4.78, 5) is 8.18. The lowest BCUT2D eigenvalue weighted by molar-refractivity contribution is 0.518. The molecule has 0 spiro atoms. The van der Waals surface area contributed by atoms with E-state index in [1.54, 1.807) is 0 Å². The molecule has 1 heterocycles. The maximum Gasteiger partial charge on any atom is 0.225 e. The number of hydrogen-bond acceptors (Lipinski definition) is 3. The van der Waals surface area contributed by atoms with Crippen LogP contribution in [0.15, 0.2) is 18.7 Å². The summed E-state index contributed by atoms with van der Waals surface area (Å²) in [5.74, 6) is 1.05. The normalized spacial score (nSPS) is 12.5. The van der Waals surface area contributed by atoms with Crippen LogP contribution in [0.3, 0.4) is 0 Å². The van der Waals surface area contributed by atoms with Crippen molar-refractivity contribution < 1.29 is 0 Å². The van der Waals surface area contributed by atoms with Gasteiger partial charge >= 0.3 is 0 Å². The molecule has 0 unspecified atom stereocenters. The molecule has 3 nitrogen and oxygen atoms in total. The standard InChI is InChI=1S/C12H17Cl2N3/c1-4-5-9(6-8(2)3)15-12-16-10(13)7-11(14)17-12/h4,7-9H,1,5-6H2,2-3H3,(H,15,16,17)/t9-/m1/s1. The minimum absolute atomic E-state index is 0.252. The third-order valence-electron chi connectivity index (χ3n) is 2.20. The Morgan fingerprint density at radius 3 is 2.41 bits per heavy atom. The SMILES string of the molecule is C=CC[C@H](CC(C)C)Nc1nc(Cl)cc(Cl)n1. The number of anilines is 1. The van der Waals surface area contributed by atoms with Crippen molar-refractivity contribution in [3.05, 3.63) is 29.0 Å². The predicted molar refractivity (Wildman–Crippen MR) is 73.7 cm³/mol. The van der Waals surface area contributed by atoms with Gasteiger partial charge in [0.15, 0.2) is 0 Å². The third kappa shape index (κ3) is 5.37. The maximum atomic E-state index is 5.82. The summed E-state index contributed by atoms with van der Waals surface area (Å²) >= 11 is 11.6. The van der Waals surface area contributed by atoms with Crippen molar-refractivity contribution in [3.63, 3.8) is 0 Å². The van der Waals surface area contributed by atoms with E-state index in [0.29, 0.717) is 22.2 Å². The molecule has 0 radical (unpaired) electrons. The van der Waals surface area contributed by atoms with E-state index in [9.17, 15) is 0 Å². The molecule has 17 heavy (non-hydrogen) atoms. The van der Waals surface area contributed by atoms with Crippen molar-refractivity contribution in [1.29, 1.82) is 0 Å². The summed E-state index contributed by atoms with van der Waals surface area (Å²) in [6.07, 6.45) is 3.75. The molecular formula is C12H17Cl2N3. The van der Waals surface area contributed by atoms with E-state index in [1.807, 2.05) is 6.08 Å². The minimum Gasteiger partial charge on any atom is -0.351 e. The Kier molecular flexibility index (Phi) is 5.72. The zero-order valence-electron chi connectivity index (χ0n) is 10.1. The van der Waals surface area contributed by atoms with Crippen LogP contribution < -0.4 is 5.32 Å². The number of nitrogens with one attached hydrogen (secondary N) is 1. The summed E-state index contributed by atoms with van der Waals surface area (Å²) in [5.41, 5.74) is 0. The van der Waals surface area contributed by atoms with Gasteiger partial charge in [0.1, 0.15) is 10.3 Å². The quantitative estimate of drug-likeness (QED) is 0.624. The van der Waals surface area contributed by atoms with Gasteiger partial charge in [-0.1, -0.05) is 43.1 Å². The van der Waals surface area contributed by atoms with Crippen LogP contribution >= 0.6 is 23.2 Å². The Hall–Kier alpha value is -0.800. The van der Waals surface area contributed by atoms with Gasteiger partial charge in [-0.3, -0.25) is 0 Å². The van der Waals surface area contributed by atoms with Gasteiger partial charge < -0.3 is 5.32 Å². The van der Waals surface area contributed by atoms with E-state index in [4.69, 9.17) is 23.2 Å². The minimum atomic E-state index is 0.252. The second-order valence-electron chi connectivity index (χ2n) is 4.33. The first kappa shape index (κ1) is 14.3. The molecule has 0 aliphatic heterocycles. The van der Waals surface area contributed by atoms with Gasteiger partial charge in [-0.2, -0.15) is 0 Å². The van der Waals surface area contributed by atoms with Crippen molar-refractivity contribution in [2.75, 3.05) is 5.32 Å². The molecule has 5 heteroatoms. The molecule has 0 saturated carbocycles. The molecule has 0 amide bonds. The maximum absolute atomic E-state index is 5.82. The molecule has 1 N–H and O–H groups in total. The highest BCUT2D eigenvalue weighted by Crippen LogP contribution is 2.17. The average molecular weight is 274 g/mol. The highest BCUT2D eigenvalue weighted by atomic mass is 35.5. The number of rotatable bonds is 6. The van der Waals surface area contributed by atoms with Gasteiger partial charge in [0, 0.05) is 12.1 Å². The fourth-order valence-electron chi connectivity index (χ4n) is 1.62. The number of aromatic nitrogens is 2. The van der Waals surface area contributed by atoms with E-state index < -0.39 is 0 Å². The monoisotopic (exact) mass is 273 g/mol. The van der Waals surface area contributed by atoms with E-state index >= 15 is 0 Å².